The molecule has 4 rings (SSSR count). The highest BCUT2D eigenvalue weighted by Gasteiger charge is 2.28. The van der Waals surface area contributed by atoms with E-state index >= 15 is 0 Å². The van der Waals surface area contributed by atoms with Gasteiger partial charge in [-0.15, -0.1) is 0 Å². The molecule has 1 aromatic heterocycles. The normalized spacial score (nSPS) is 15.1. The largest absolute Gasteiger partial charge is 0.364 e. The molecule has 0 atom stereocenters. The summed E-state index contributed by atoms with van der Waals surface area (Å²) < 4.78 is 30.2. The maximum absolute atomic E-state index is 14.1. The lowest BCUT2D eigenvalue weighted by molar-refractivity contribution is -0.0424. The van der Waals surface area contributed by atoms with Crippen LogP contribution < -0.4 is 4.90 Å². The van der Waals surface area contributed by atoms with E-state index < -0.39 is 12.2 Å². The second kappa shape index (κ2) is 7.14. The summed E-state index contributed by atoms with van der Waals surface area (Å²) in [5, 5.41) is 18.9. The van der Waals surface area contributed by atoms with Gasteiger partial charge >= 0.3 is 0 Å². The predicted molar refractivity (Wildman–Crippen MR) is 103 cm³/mol. The third-order valence-electron chi connectivity index (χ3n) is 5.26. The number of fused-ring (bicyclic) bond motifs is 1. The minimum Gasteiger partial charge on any atom is -0.364 e. The van der Waals surface area contributed by atoms with Crippen molar-refractivity contribution < 1.29 is 19.0 Å². The highest BCUT2D eigenvalue weighted by atomic mass is 19.3. The van der Waals surface area contributed by atoms with E-state index in [2.05, 4.69) is 4.90 Å². The Kier molecular flexibility index (Phi) is 4.81. The van der Waals surface area contributed by atoms with Crippen molar-refractivity contribution in [2.45, 2.75) is 38.5 Å². The molecule has 1 fully saturated rings. The topological polar surface area (TPSA) is 61.5 Å². The van der Waals surface area contributed by atoms with E-state index in [1.807, 2.05) is 4.57 Å². The second-order valence-electron chi connectivity index (χ2n) is 7.36. The monoisotopic (exact) mass is 387 g/mol. The van der Waals surface area contributed by atoms with Crippen LogP contribution in [0.2, 0.25) is 0 Å². The van der Waals surface area contributed by atoms with E-state index in [9.17, 15) is 19.0 Å². The first-order chi connectivity index (χ1) is 13.3. The number of rotatable bonds is 5. The summed E-state index contributed by atoms with van der Waals surface area (Å²) in [4.78, 5) is 6.86. The van der Waals surface area contributed by atoms with Crippen LogP contribution in [0.1, 0.15) is 42.7 Å². The van der Waals surface area contributed by atoms with Crippen LogP contribution in [0.3, 0.4) is 0 Å². The second-order valence-corrected chi connectivity index (χ2v) is 7.36. The van der Waals surface area contributed by atoms with Crippen molar-refractivity contribution in [2.75, 3.05) is 18.0 Å². The molecule has 2 heterocycles. The quantitative estimate of drug-likeness (QED) is 0.654. The molecular weight excluding hydrogens is 364 g/mol. The van der Waals surface area contributed by atoms with Gasteiger partial charge in [0, 0.05) is 31.1 Å². The fourth-order valence-corrected chi connectivity index (χ4v) is 3.87. The van der Waals surface area contributed by atoms with Gasteiger partial charge < -0.3 is 19.7 Å². The number of anilines is 1. The van der Waals surface area contributed by atoms with Crippen molar-refractivity contribution in [3.63, 3.8) is 0 Å². The number of aromatic nitrogens is 2. The molecule has 7 heteroatoms. The summed E-state index contributed by atoms with van der Waals surface area (Å²) in [5.74, 6) is -2.21. The minimum absolute atomic E-state index is 0.00613. The van der Waals surface area contributed by atoms with Gasteiger partial charge in [0.25, 0.3) is 5.92 Å². The van der Waals surface area contributed by atoms with E-state index in [1.54, 1.807) is 36.4 Å². The van der Waals surface area contributed by atoms with Gasteiger partial charge in [0.05, 0.1) is 17.6 Å². The van der Waals surface area contributed by atoms with Crippen LogP contribution >= 0.6 is 0 Å². The Hall–Kier alpha value is -2.51. The summed E-state index contributed by atoms with van der Waals surface area (Å²) in [7, 11) is 0. The summed E-state index contributed by atoms with van der Waals surface area (Å²) in [6.45, 7) is 2.91. The minimum atomic E-state index is -2.94. The predicted octanol–water partition coefficient (Wildman–Crippen LogP) is 3.78. The van der Waals surface area contributed by atoms with Crippen molar-refractivity contribution in [1.29, 1.82) is 0 Å². The number of hydrogen-bond donors (Lipinski definition) is 2. The Labute approximate surface area is 161 Å². The van der Waals surface area contributed by atoms with Crippen molar-refractivity contribution in [2.24, 2.45) is 0 Å². The Morgan fingerprint density at radius 1 is 1.11 bits per heavy atom. The van der Waals surface area contributed by atoms with Gasteiger partial charge in [0.1, 0.15) is 0 Å². The Morgan fingerprint density at radius 2 is 1.82 bits per heavy atom. The van der Waals surface area contributed by atoms with E-state index in [0.717, 1.165) is 44.3 Å². The zero-order valence-electron chi connectivity index (χ0n) is 15.6. The lowest BCUT2D eigenvalue weighted by atomic mass is 10.0. The van der Waals surface area contributed by atoms with E-state index in [-0.39, 0.29) is 12.1 Å². The summed E-state index contributed by atoms with van der Waals surface area (Å²) in [6.07, 6.45) is 0.546. The molecule has 0 bridgehead atoms. The lowest BCUT2D eigenvalue weighted by Crippen LogP contribution is -2.23. The fourth-order valence-electron chi connectivity index (χ4n) is 3.87. The number of aliphatic hydroxyl groups excluding tert-OH is 1. The summed E-state index contributed by atoms with van der Waals surface area (Å²) in [5.41, 5.74) is 2.30. The number of alkyl halides is 2. The molecule has 3 aromatic rings. The van der Waals surface area contributed by atoms with Gasteiger partial charge in [-0.2, -0.15) is 0 Å². The van der Waals surface area contributed by atoms with Crippen molar-refractivity contribution in [3.8, 4) is 0 Å². The summed E-state index contributed by atoms with van der Waals surface area (Å²) >= 11 is 0. The molecule has 0 amide bonds. The highest BCUT2D eigenvalue weighted by molar-refractivity contribution is 5.80. The van der Waals surface area contributed by atoms with E-state index in [1.165, 1.54) is 6.07 Å². The average Bonchev–Trinajstić information content (AvgIpc) is 3.29. The van der Waals surface area contributed by atoms with Crippen molar-refractivity contribution >= 4 is 17.0 Å². The van der Waals surface area contributed by atoms with Crippen LogP contribution in [0.15, 0.2) is 42.5 Å². The lowest BCUT2D eigenvalue weighted by Gasteiger charge is -2.21. The number of halogens is 2. The van der Waals surface area contributed by atoms with Gasteiger partial charge in [-0.1, -0.05) is 30.3 Å². The zero-order valence-corrected chi connectivity index (χ0v) is 15.6. The van der Waals surface area contributed by atoms with E-state index in [0.29, 0.717) is 16.6 Å². The SMILES string of the molecule is CC(F)(F)c1ccccc1Cn1c(N2CCCC2)nc2cc(C(O)O)ccc21. The van der Waals surface area contributed by atoms with Crippen LogP contribution in [0, 0.1) is 0 Å². The van der Waals surface area contributed by atoms with Crippen LogP contribution in [-0.4, -0.2) is 32.9 Å². The molecule has 1 aliphatic rings. The Balaban J connectivity index is 1.84. The van der Waals surface area contributed by atoms with Crippen LogP contribution in [0.4, 0.5) is 14.7 Å². The first kappa shape index (κ1) is 18.8. The maximum atomic E-state index is 14.1. The first-order valence-electron chi connectivity index (χ1n) is 9.42. The molecule has 1 saturated heterocycles. The molecule has 148 valence electrons. The molecule has 0 unspecified atom stereocenters. The zero-order chi connectivity index (χ0) is 19.9. The molecule has 2 N–H and O–H groups in total. The van der Waals surface area contributed by atoms with Crippen LogP contribution in [0.5, 0.6) is 0 Å². The maximum Gasteiger partial charge on any atom is 0.270 e. The van der Waals surface area contributed by atoms with Crippen molar-refractivity contribution in [1.82, 2.24) is 9.55 Å². The number of benzene rings is 2. The first-order valence-corrected chi connectivity index (χ1v) is 9.42. The number of imidazole rings is 1. The van der Waals surface area contributed by atoms with Gasteiger partial charge in [-0.3, -0.25) is 0 Å². The third kappa shape index (κ3) is 3.47. The van der Waals surface area contributed by atoms with Gasteiger partial charge in [0.2, 0.25) is 5.95 Å². The van der Waals surface area contributed by atoms with Crippen LogP contribution in [-0.2, 0) is 12.5 Å². The van der Waals surface area contributed by atoms with Gasteiger partial charge in [-0.25, -0.2) is 13.8 Å². The van der Waals surface area contributed by atoms with Gasteiger partial charge in [0.15, 0.2) is 6.29 Å². The molecule has 0 spiro atoms. The smallest absolute Gasteiger partial charge is 0.270 e. The fraction of sp³-hybridized carbons (Fsp3) is 0.381. The molecule has 0 saturated carbocycles. The number of hydrogen-bond acceptors (Lipinski definition) is 4. The third-order valence-corrected chi connectivity index (χ3v) is 5.26. The average molecular weight is 387 g/mol. The Morgan fingerprint density at radius 3 is 2.50 bits per heavy atom. The number of aliphatic hydroxyl groups is 2. The molecular formula is C21H23F2N3O2. The molecule has 28 heavy (non-hydrogen) atoms. The van der Waals surface area contributed by atoms with Crippen molar-refractivity contribution in [3.05, 3.63) is 59.2 Å². The van der Waals surface area contributed by atoms with Crippen LogP contribution in [0.25, 0.3) is 11.0 Å². The molecule has 0 aliphatic carbocycles. The molecule has 1 aliphatic heterocycles. The highest BCUT2D eigenvalue weighted by Crippen LogP contribution is 2.33. The molecule has 5 nitrogen and oxygen atoms in total. The van der Waals surface area contributed by atoms with Gasteiger partial charge in [-0.05, 0) is 30.5 Å². The Bertz CT molecular complexity index is 989. The van der Waals surface area contributed by atoms with E-state index in [4.69, 9.17) is 4.98 Å². The molecule has 0 radical (unpaired) electrons. The summed E-state index contributed by atoms with van der Waals surface area (Å²) in [6, 6.07) is 11.6. The standard InChI is InChI=1S/C21H23F2N3O2/c1-21(22,23)16-7-3-2-6-15(16)13-26-18-9-8-14(19(27)28)12-17(18)24-20(26)25-10-4-5-11-25/h2-3,6-9,12,19,27-28H,4-5,10-11,13H2,1H3. The molecule has 2 aromatic carbocycles. The number of nitrogens with zero attached hydrogens (tertiary/aromatic N) is 3.